The molecule has 1 aromatic heterocycles. The fourth-order valence-electron chi connectivity index (χ4n) is 0.926. The minimum atomic E-state index is 0.319. The summed E-state index contributed by atoms with van der Waals surface area (Å²) in [4.78, 5) is 12.2. The molecule has 0 bridgehead atoms. The van der Waals surface area contributed by atoms with E-state index in [1.54, 1.807) is 11.3 Å². The molecular formula is C9H11ClOS. The van der Waals surface area contributed by atoms with Gasteiger partial charge < -0.3 is 0 Å². The Labute approximate surface area is 81.4 Å². The molecule has 0 saturated heterocycles. The lowest BCUT2D eigenvalue weighted by Gasteiger charge is -1.93. The van der Waals surface area contributed by atoms with Crippen molar-refractivity contribution < 1.29 is 4.79 Å². The molecule has 0 radical (unpaired) electrons. The molecule has 0 aromatic carbocycles. The molecular weight excluding hydrogens is 192 g/mol. The zero-order valence-electron chi connectivity index (χ0n) is 6.97. The summed E-state index contributed by atoms with van der Waals surface area (Å²) >= 11 is 7.30. The maximum Gasteiger partial charge on any atom is 0.132 e. The van der Waals surface area contributed by atoms with E-state index in [4.69, 9.17) is 11.6 Å². The van der Waals surface area contributed by atoms with Crippen molar-refractivity contribution in [2.24, 2.45) is 0 Å². The summed E-state index contributed by atoms with van der Waals surface area (Å²) in [5, 5.41) is 0. The van der Waals surface area contributed by atoms with Crippen LogP contribution in [-0.2, 0) is 11.2 Å². The Bertz CT molecular complexity index is 267. The van der Waals surface area contributed by atoms with Crippen molar-refractivity contribution >= 4 is 28.7 Å². The van der Waals surface area contributed by atoms with Crippen LogP contribution in [0.2, 0.25) is 4.34 Å². The molecule has 12 heavy (non-hydrogen) atoms. The van der Waals surface area contributed by atoms with E-state index in [1.807, 2.05) is 19.1 Å². The van der Waals surface area contributed by atoms with E-state index in [2.05, 4.69) is 0 Å². The number of carbonyl (C=O) groups is 1. The van der Waals surface area contributed by atoms with Gasteiger partial charge in [-0.1, -0.05) is 18.5 Å². The molecule has 1 rings (SSSR count). The first-order valence-electron chi connectivity index (χ1n) is 3.98. The molecule has 0 saturated carbocycles. The molecule has 1 aromatic rings. The van der Waals surface area contributed by atoms with Gasteiger partial charge in [0.25, 0.3) is 0 Å². The predicted molar refractivity (Wildman–Crippen MR) is 52.9 cm³/mol. The third-order valence-electron chi connectivity index (χ3n) is 1.67. The van der Waals surface area contributed by atoms with Gasteiger partial charge in [0.1, 0.15) is 5.78 Å². The SMILES string of the molecule is CCC(=O)CCc1ccc(Cl)s1. The maximum absolute atomic E-state index is 11.0. The minimum Gasteiger partial charge on any atom is -0.300 e. The molecule has 66 valence electrons. The Balaban J connectivity index is 2.38. The quantitative estimate of drug-likeness (QED) is 0.732. The second-order valence-electron chi connectivity index (χ2n) is 2.60. The normalized spacial score (nSPS) is 10.2. The van der Waals surface area contributed by atoms with Crippen LogP contribution in [0, 0.1) is 0 Å². The van der Waals surface area contributed by atoms with E-state index in [-0.39, 0.29) is 0 Å². The van der Waals surface area contributed by atoms with E-state index in [9.17, 15) is 4.79 Å². The molecule has 0 spiro atoms. The molecule has 0 atom stereocenters. The van der Waals surface area contributed by atoms with Crippen molar-refractivity contribution in [2.75, 3.05) is 0 Å². The van der Waals surface area contributed by atoms with Crippen LogP contribution in [0.3, 0.4) is 0 Å². The van der Waals surface area contributed by atoms with Gasteiger partial charge in [-0.05, 0) is 18.6 Å². The fourth-order valence-corrected chi connectivity index (χ4v) is 2.01. The van der Waals surface area contributed by atoms with Gasteiger partial charge in [0, 0.05) is 17.7 Å². The van der Waals surface area contributed by atoms with Crippen molar-refractivity contribution in [2.45, 2.75) is 26.2 Å². The van der Waals surface area contributed by atoms with Crippen LogP contribution < -0.4 is 0 Å². The summed E-state index contributed by atoms with van der Waals surface area (Å²) in [5.41, 5.74) is 0. The van der Waals surface area contributed by atoms with Gasteiger partial charge in [0.15, 0.2) is 0 Å². The first-order valence-corrected chi connectivity index (χ1v) is 5.17. The lowest BCUT2D eigenvalue weighted by atomic mass is 10.1. The highest BCUT2D eigenvalue weighted by Crippen LogP contribution is 2.22. The molecule has 0 aliphatic rings. The number of halogens is 1. The summed E-state index contributed by atoms with van der Waals surface area (Å²) < 4.78 is 0.800. The maximum atomic E-state index is 11.0. The second-order valence-corrected chi connectivity index (χ2v) is 4.40. The molecule has 0 fully saturated rings. The molecule has 3 heteroatoms. The number of hydrogen-bond donors (Lipinski definition) is 0. The van der Waals surface area contributed by atoms with Crippen LogP contribution in [0.1, 0.15) is 24.6 Å². The Morgan fingerprint density at radius 3 is 2.83 bits per heavy atom. The molecule has 0 unspecified atom stereocenters. The van der Waals surface area contributed by atoms with Crippen LogP contribution >= 0.6 is 22.9 Å². The summed E-state index contributed by atoms with van der Waals surface area (Å²) in [6.45, 7) is 1.89. The van der Waals surface area contributed by atoms with Crippen LogP contribution in [0.15, 0.2) is 12.1 Å². The van der Waals surface area contributed by atoms with Gasteiger partial charge in [0.05, 0.1) is 4.34 Å². The Kier molecular flexibility index (Phi) is 3.76. The Morgan fingerprint density at radius 2 is 2.33 bits per heavy atom. The standard InChI is InChI=1S/C9H11ClOS/c1-2-7(11)3-4-8-5-6-9(10)12-8/h5-6H,2-4H2,1H3. The summed E-state index contributed by atoms with van der Waals surface area (Å²) in [6, 6.07) is 3.86. The van der Waals surface area contributed by atoms with Crippen molar-refractivity contribution in [3.63, 3.8) is 0 Å². The zero-order valence-corrected chi connectivity index (χ0v) is 8.54. The number of rotatable bonds is 4. The van der Waals surface area contributed by atoms with E-state index in [0.717, 1.165) is 10.8 Å². The van der Waals surface area contributed by atoms with Crippen LogP contribution in [0.5, 0.6) is 0 Å². The van der Waals surface area contributed by atoms with Gasteiger partial charge in [-0.15, -0.1) is 11.3 Å². The van der Waals surface area contributed by atoms with E-state index < -0.39 is 0 Å². The van der Waals surface area contributed by atoms with Crippen molar-refractivity contribution in [3.05, 3.63) is 21.3 Å². The number of aryl methyl sites for hydroxylation is 1. The van der Waals surface area contributed by atoms with Crippen LogP contribution in [-0.4, -0.2) is 5.78 Å². The van der Waals surface area contributed by atoms with Crippen LogP contribution in [0.25, 0.3) is 0 Å². The molecule has 0 aliphatic carbocycles. The Hall–Kier alpha value is -0.340. The molecule has 0 aliphatic heterocycles. The van der Waals surface area contributed by atoms with Gasteiger partial charge in [-0.25, -0.2) is 0 Å². The van der Waals surface area contributed by atoms with Crippen molar-refractivity contribution in [1.82, 2.24) is 0 Å². The third-order valence-corrected chi connectivity index (χ3v) is 2.96. The number of hydrogen-bond acceptors (Lipinski definition) is 2. The minimum absolute atomic E-state index is 0.319. The second kappa shape index (κ2) is 4.63. The van der Waals surface area contributed by atoms with Gasteiger partial charge in [-0.3, -0.25) is 4.79 Å². The number of thiophene rings is 1. The summed E-state index contributed by atoms with van der Waals surface area (Å²) in [5.74, 6) is 0.319. The number of ketones is 1. The van der Waals surface area contributed by atoms with E-state index in [1.165, 1.54) is 4.88 Å². The first-order chi connectivity index (χ1) is 5.72. The molecule has 1 nitrogen and oxygen atoms in total. The van der Waals surface area contributed by atoms with Gasteiger partial charge in [0.2, 0.25) is 0 Å². The monoisotopic (exact) mass is 202 g/mol. The smallest absolute Gasteiger partial charge is 0.132 e. The Morgan fingerprint density at radius 1 is 1.58 bits per heavy atom. The first kappa shape index (κ1) is 9.75. The lowest BCUT2D eigenvalue weighted by molar-refractivity contribution is -0.118. The van der Waals surface area contributed by atoms with Crippen molar-refractivity contribution in [3.8, 4) is 0 Å². The van der Waals surface area contributed by atoms with Gasteiger partial charge >= 0.3 is 0 Å². The largest absolute Gasteiger partial charge is 0.300 e. The van der Waals surface area contributed by atoms with Crippen molar-refractivity contribution in [1.29, 1.82) is 0 Å². The van der Waals surface area contributed by atoms with E-state index >= 15 is 0 Å². The highest BCUT2D eigenvalue weighted by molar-refractivity contribution is 7.16. The average molecular weight is 203 g/mol. The van der Waals surface area contributed by atoms with E-state index in [0.29, 0.717) is 18.6 Å². The highest BCUT2D eigenvalue weighted by atomic mass is 35.5. The zero-order chi connectivity index (χ0) is 8.97. The summed E-state index contributed by atoms with van der Waals surface area (Å²) in [6.07, 6.45) is 2.12. The molecule has 0 N–H and O–H groups in total. The van der Waals surface area contributed by atoms with Crippen LogP contribution in [0.4, 0.5) is 0 Å². The summed E-state index contributed by atoms with van der Waals surface area (Å²) in [7, 11) is 0. The molecule has 0 amide bonds. The predicted octanol–water partition coefficient (Wildman–Crippen LogP) is 3.31. The van der Waals surface area contributed by atoms with Gasteiger partial charge in [-0.2, -0.15) is 0 Å². The third kappa shape index (κ3) is 2.95. The lowest BCUT2D eigenvalue weighted by Crippen LogP contribution is -1.95. The number of Topliss-reactive ketones (excluding diaryl/α,β-unsaturated/α-hetero) is 1. The highest BCUT2D eigenvalue weighted by Gasteiger charge is 2.01. The average Bonchev–Trinajstić information content (AvgIpc) is 2.47. The fraction of sp³-hybridized carbons (Fsp3) is 0.444. The molecule has 1 heterocycles. The number of carbonyl (C=O) groups excluding carboxylic acids is 1. The topological polar surface area (TPSA) is 17.1 Å².